The second-order valence-electron chi connectivity index (χ2n) is 1.85. The minimum atomic E-state index is -1.42. The van der Waals surface area contributed by atoms with E-state index in [0.29, 0.717) is 0 Å². The van der Waals surface area contributed by atoms with Crippen LogP contribution >= 0.6 is 0 Å². The minimum Gasteiger partial charge on any atom is -0.468 e. The fraction of sp³-hybridized carbons (Fsp3) is 0.800. The van der Waals surface area contributed by atoms with Gasteiger partial charge in [-0.2, -0.15) is 5.48 Å². The number of hydrogen-bond donors (Lipinski definition) is 1. The van der Waals surface area contributed by atoms with E-state index >= 15 is 0 Å². The third kappa shape index (κ3) is 4.88. The van der Waals surface area contributed by atoms with Gasteiger partial charge in [-0.3, -0.25) is 4.79 Å². The van der Waals surface area contributed by atoms with Crippen molar-refractivity contribution in [2.24, 2.45) is 0 Å². The number of methoxy groups -OCH3 is 1. The second-order valence-corrected chi connectivity index (χ2v) is 2.82. The van der Waals surface area contributed by atoms with Crippen molar-refractivity contribution in [3.8, 4) is 0 Å². The number of carbonyl (C=O) groups excluding carboxylic acids is 1. The molecule has 0 aliphatic carbocycles. The molecule has 0 aromatic carbocycles. The predicted molar refractivity (Wildman–Crippen MR) is 39.8 cm³/mol. The largest absolute Gasteiger partial charge is 0.468 e. The summed E-state index contributed by atoms with van der Waals surface area (Å²) in [5.41, 5.74) is 2.26. The van der Waals surface area contributed by atoms with Crippen LogP contribution in [-0.4, -0.2) is 29.6 Å². The Labute approximate surface area is 67.7 Å². The van der Waals surface area contributed by atoms with Gasteiger partial charge in [0.2, 0.25) is 0 Å². The Morgan fingerprint density at radius 1 is 1.64 bits per heavy atom. The van der Waals surface area contributed by atoms with Gasteiger partial charge in [-0.15, -0.1) is 0 Å². The molecule has 0 aromatic rings. The summed E-state index contributed by atoms with van der Waals surface area (Å²) in [5, 5.41) is 0. The molecule has 0 fully saturated rings. The number of ether oxygens (including phenoxy) is 1. The third-order valence-corrected chi connectivity index (χ3v) is 1.23. The molecule has 66 valence electrons. The van der Waals surface area contributed by atoms with Gasteiger partial charge in [0.1, 0.15) is 6.04 Å². The van der Waals surface area contributed by atoms with Gasteiger partial charge in [0.05, 0.1) is 7.11 Å². The highest BCUT2D eigenvalue weighted by Gasteiger charge is 2.12. The first-order chi connectivity index (χ1) is 5.07. The summed E-state index contributed by atoms with van der Waals surface area (Å²) >= 11 is -1.42. The van der Waals surface area contributed by atoms with Crippen molar-refractivity contribution in [2.75, 3.05) is 13.4 Å². The van der Waals surface area contributed by atoms with Crippen LogP contribution in [0.1, 0.15) is 6.92 Å². The van der Waals surface area contributed by atoms with E-state index in [0.717, 1.165) is 0 Å². The van der Waals surface area contributed by atoms with Crippen molar-refractivity contribution >= 4 is 17.0 Å². The number of hydrogen-bond acceptors (Lipinski definition) is 5. The highest BCUT2D eigenvalue weighted by atomic mass is 32.2. The molecule has 1 N–H and O–H groups in total. The van der Waals surface area contributed by atoms with E-state index in [9.17, 15) is 9.00 Å². The average Bonchev–Trinajstić information content (AvgIpc) is 1.98. The highest BCUT2D eigenvalue weighted by Crippen LogP contribution is 1.86. The second kappa shape index (κ2) is 5.22. The van der Waals surface area contributed by atoms with E-state index in [1.54, 1.807) is 6.92 Å². The zero-order valence-electron chi connectivity index (χ0n) is 6.62. The van der Waals surface area contributed by atoms with Crippen molar-refractivity contribution in [1.82, 2.24) is 5.48 Å². The topological polar surface area (TPSA) is 64.6 Å². The number of hydroxylamine groups is 1. The molecule has 0 heterocycles. The lowest BCUT2D eigenvalue weighted by Gasteiger charge is -2.08. The average molecular weight is 181 g/mol. The van der Waals surface area contributed by atoms with Crippen LogP contribution in [0.15, 0.2) is 0 Å². The first-order valence-corrected chi connectivity index (χ1v) is 4.40. The Morgan fingerprint density at radius 3 is 2.55 bits per heavy atom. The summed E-state index contributed by atoms with van der Waals surface area (Å²) in [6.07, 6.45) is 1.34. The number of esters is 1. The van der Waals surface area contributed by atoms with E-state index in [2.05, 4.69) is 14.5 Å². The molecule has 2 atom stereocenters. The number of rotatable bonds is 4. The Hall–Kier alpha value is -0.460. The molecule has 0 amide bonds. The Kier molecular flexibility index (Phi) is 5.01. The van der Waals surface area contributed by atoms with E-state index < -0.39 is 23.1 Å². The quantitative estimate of drug-likeness (QED) is 0.462. The van der Waals surface area contributed by atoms with Crippen LogP contribution in [0.4, 0.5) is 0 Å². The molecular weight excluding hydrogens is 170 g/mol. The Bertz CT molecular complexity index is 161. The summed E-state index contributed by atoms with van der Waals surface area (Å²) in [6, 6.07) is -0.608. The molecule has 5 nitrogen and oxygen atoms in total. The first-order valence-electron chi connectivity index (χ1n) is 2.92. The summed E-state index contributed by atoms with van der Waals surface area (Å²) in [7, 11) is 1.27. The number of nitrogens with one attached hydrogen (secondary N) is 1. The van der Waals surface area contributed by atoms with Crippen LogP contribution in [0.2, 0.25) is 0 Å². The Balaban J connectivity index is 3.60. The molecule has 0 spiro atoms. The molecule has 0 saturated heterocycles. The molecule has 0 aliphatic heterocycles. The zero-order valence-corrected chi connectivity index (χ0v) is 7.44. The monoisotopic (exact) mass is 181 g/mol. The van der Waals surface area contributed by atoms with Crippen LogP contribution in [-0.2, 0) is 24.9 Å². The lowest BCUT2D eigenvalue weighted by Crippen LogP contribution is -2.35. The van der Waals surface area contributed by atoms with Crippen LogP contribution in [0.3, 0.4) is 0 Å². The summed E-state index contributed by atoms with van der Waals surface area (Å²) in [6.45, 7) is 1.54. The minimum absolute atomic E-state index is 0.463. The van der Waals surface area contributed by atoms with E-state index in [1.807, 2.05) is 0 Å². The summed E-state index contributed by atoms with van der Waals surface area (Å²) in [5.74, 6) is -0.463. The first kappa shape index (κ1) is 10.5. The van der Waals surface area contributed by atoms with Crippen molar-refractivity contribution in [3.63, 3.8) is 0 Å². The lowest BCUT2D eigenvalue weighted by atomic mass is 10.4. The molecule has 0 bridgehead atoms. The maximum absolute atomic E-state index is 10.7. The summed E-state index contributed by atoms with van der Waals surface area (Å²) in [4.78, 5) is 10.7. The zero-order chi connectivity index (χ0) is 8.85. The van der Waals surface area contributed by atoms with Gasteiger partial charge in [0.25, 0.3) is 0 Å². The standard InChI is InChI=1S/C5H11NO4S/c1-4(5(7)9-2)6-10-11(3)8/h4,6H,1-3H3. The van der Waals surface area contributed by atoms with E-state index in [1.165, 1.54) is 13.4 Å². The normalized spacial score (nSPS) is 15.5. The molecule has 0 aliphatic rings. The predicted octanol–water partition coefficient (Wildman–Crippen LogP) is -0.637. The fourth-order valence-electron chi connectivity index (χ4n) is 0.365. The molecule has 0 saturated carbocycles. The highest BCUT2D eigenvalue weighted by molar-refractivity contribution is 7.79. The van der Waals surface area contributed by atoms with Gasteiger partial charge in [0.15, 0.2) is 11.1 Å². The third-order valence-electron chi connectivity index (χ3n) is 0.897. The number of carbonyl (C=O) groups is 1. The maximum Gasteiger partial charge on any atom is 0.324 e. The molecular formula is C5H11NO4S. The fourth-order valence-corrected chi connectivity index (χ4v) is 0.645. The summed E-state index contributed by atoms with van der Waals surface area (Å²) < 4.78 is 19.1. The van der Waals surface area contributed by atoms with Crippen LogP contribution in [0, 0.1) is 0 Å². The van der Waals surface area contributed by atoms with Crippen molar-refractivity contribution < 1.29 is 18.0 Å². The van der Waals surface area contributed by atoms with Gasteiger partial charge in [-0.05, 0) is 6.92 Å². The van der Waals surface area contributed by atoms with Crippen molar-refractivity contribution in [1.29, 1.82) is 0 Å². The molecule has 11 heavy (non-hydrogen) atoms. The molecule has 0 rings (SSSR count). The van der Waals surface area contributed by atoms with Crippen molar-refractivity contribution in [3.05, 3.63) is 0 Å². The molecule has 2 unspecified atom stereocenters. The van der Waals surface area contributed by atoms with E-state index in [-0.39, 0.29) is 0 Å². The van der Waals surface area contributed by atoms with Gasteiger partial charge >= 0.3 is 5.97 Å². The van der Waals surface area contributed by atoms with Gasteiger partial charge in [-0.25, -0.2) is 8.49 Å². The van der Waals surface area contributed by atoms with Gasteiger partial charge < -0.3 is 4.74 Å². The van der Waals surface area contributed by atoms with Crippen LogP contribution in [0.5, 0.6) is 0 Å². The SMILES string of the molecule is COC(=O)C(C)NOS(C)=O. The molecule has 0 radical (unpaired) electrons. The van der Waals surface area contributed by atoms with E-state index in [4.69, 9.17) is 0 Å². The Morgan fingerprint density at radius 2 is 2.18 bits per heavy atom. The maximum atomic E-state index is 10.7. The molecule has 0 aromatic heterocycles. The lowest BCUT2D eigenvalue weighted by molar-refractivity contribution is -0.144. The van der Waals surface area contributed by atoms with Crippen molar-refractivity contribution in [2.45, 2.75) is 13.0 Å². The molecule has 6 heteroatoms. The van der Waals surface area contributed by atoms with Crippen LogP contribution in [0.25, 0.3) is 0 Å². The van der Waals surface area contributed by atoms with Gasteiger partial charge in [0, 0.05) is 6.26 Å². The van der Waals surface area contributed by atoms with Gasteiger partial charge in [-0.1, -0.05) is 0 Å². The van der Waals surface area contributed by atoms with Crippen LogP contribution < -0.4 is 5.48 Å². The smallest absolute Gasteiger partial charge is 0.324 e.